The lowest BCUT2D eigenvalue weighted by Gasteiger charge is -2.01. The van der Waals surface area contributed by atoms with Gasteiger partial charge in [-0.05, 0) is 13.3 Å². The van der Waals surface area contributed by atoms with Crippen molar-refractivity contribution in [3.63, 3.8) is 0 Å². The Morgan fingerprint density at radius 3 is 2.88 bits per heavy atom. The summed E-state index contributed by atoms with van der Waals surface area (Å²) in [6, 6.07) is 1.55. The second-order valence-corrected chi connectivity index (χ2v) is 3.27. The quantitative estimate of drug-likeness (QED) is 0.589. The fourth-order valence-corrected chi connectivity index (χ4v) is 1.09. The van der Waals surface area contributed by atoms with Crippen molar-refractivity contribution < 1.29 is 18.8 Å². The van der Waals surface area contributed by atoms with Crippen molar-refractivity contribution in [2.24, 2.45) is 0 Å². The van der Waals surface area contributed by atoms with Crippen LogP contribution in [0.15, 0.2) is 10.6 Å². The number of methoxy groups -OCH3 is 1. The Morgan fingerprint density at radius 1 is 1.56 bits per heavy atom. The maximum Gasteiger partial charge on any atom is 0.305 e. The molecule has 0 aliphatic rings. The van der Waals surface area contributed by atoms with Gasteiger partial charge >= 0.3 is 5.97 Å². The molecule has 0 spiro atoms. The molecule has 0 saturated heterocycles. The fourth-order valence-electron chi connectivity index (χ4n) is 1.09. The highest BCUT2D eigenvalue weighted by Gasteiger charge is 2.10. The van der Waals surface area contributed by atoms with Crippen molar-refractivity contribution in [3.8, 4) is 0 Å². The van der Waals surface area contributed by atoms with Gasteiger partial charge in [-0.25, -0.2) is 0 Å². The number of rotatable bonds is 5. The number of aromatic nitrogens is 1. The summed E-state index contributed by atoms with van der Waals surface area (Å²) in [6.07, 6.45) is 0.817. The summed E-state index contributed by atoms with van der Waals surface area (Å²) in [5.41, 5.74) is 0.653. The lowest BCUT2D eigenvalue weighted by atomic mass is 10.3. The molecule has 16 heavy (non-hydrogen) atoms. The third-order valence-electron chi connectivity index (χ3n) is 1.92. The number of amides is 1. The summed E-state index contributed by atoms with van der Waals surface area (Å²) < 4.78 is 9.24. The van der Waals surface area contributed by atoms with E-state index in [0.717, 1.165) is 0 Å². The topological polar surface area (TPSA) is 81.4 Å². The van der Waals surface area contributed by atoms with E-state index < -0.39 is 0 Å². The molecule has 0 bridgehead atoms. The van der Waals surface area contributed by atoms with E-state index in [-0.39, 0.29) is 24.1 Å². The van der Waals surface area contributed by atoms with Crippen LogP contribution in [0.3, 0.4) is 0 Å². The number of nitrogens with zero attached hydrogens (tertiary/aromatic N) is 1. The number of esters is 1. The maximum absolute atomic E-state index is 11.4. The number of carbonyl (C=O) groups excluding carboxylic acids is 2. The summed E-state index contributed by atoms with van der Waals surface area (Å²) in [5, 5.41) is 6.21. The predicted octanol–water partition coefficient (Wildman–Crippen LogP) is 0.666. The zero-order valence-electron chi connectivity index (χ0n) is 9.28. The Bertz CT molecular complexity index is 373. The van der Waals surface area contributed by atoms with Crippen LogP contribution in [0.4, 0.5) is 0 Å². The molecule has 0 saturated carbocycles. The van der Waals surface area contributed by atoms with Gasteiger partial charge in [-0.2, -0.15) is 0 Å². The first-order valence-electron chi connectivity index (χ1n) is 4.92. The number of nitrogens with one attached hydrogen (secondary N) is 1. The molecule has 0 atom stereocenters. The van der Waals surface area contributed by atoms with Crippen LogP contribution in [-0.4, -0.2) is 30.7 Å². The van der Waals surface area contributed by atoms with E-state index in [1.807, 2.05) is 0 Å². The van der Waals surface area contributed by atoms with Gasteiger partial charge < -0.3 is 14.6 Å². The molecular formula is C10H14N2O4. The minimum Gasteiger partial charge on any atom is -0.469 e. The Hall–Kier alpha value is -1.85. The lowest BCUT2D eigenvalue weighted by molar-refractivity contribution is -0.140. The van der Waals surface area contributed by atoms with E-state index in [4.69, 9.17) is 4.52 Å². The van der Waals surface area contributed by atoms with Crippen LogP contribution >= 0.6 is 0 Å². The van der Waals surface area contributed by atoms with Gasteiger partial charge in [0.1, 0.15) is 0 Å². The van der Waals surface area contributed by atoms with Gasteiger partial charge in [0.15, 0.2) is 0 Å². The van der Waals surface area contributed by atoms with Gasteiger partial charge in [0.25, 0.3) is 5.91 Å². The molecule has 1 amide bonds. The highest BCUT2D eigenvalue weighted by molar-refractivity contribution is 5.91. The third-order valence-corrected chi connectivity index (χ3v) is 1.92. The van der Waals surface area contributed by atoms with Gasteiger partial charge in [0.05, 0.1) is 12.8 Å². The van der Waals surface area contributed by atoms with Gasteiger partial charge in [-0.3, -0.25) is 9.59 Å². The monoisotopic (exact) mass is 226 g/mol. The smallest absolute Gasteiger partial charge is 0.305 e. The SMILES string of the molecule is COC(=O)CCCNC(=O)c1cc(C)no1. The number of aryl methyl sites for hydroxylation is 1. The first-order valence-corrected chi connectivity index (χ1v) is 4.92. The molecule has 1 rings (SSSR count). The summed E-state index contributed by atoms with van der Waals surface area (Å²) in [5.74, 6) is -0.439. The molecule has 88 valence electrons. The Morgan fingerprint density at radius 2 is 2.31 bits per heavy atom. The minimum atomic E-state index is -0.328. The van der Waals surface area contributed by atoms with Crippen LogP contribution in [0.2, 0.25) is 0 Å². The molecule has 6 heteroatoms. The molecular weight excluding hydrogens is 212 g/mol. The zero-order chi connectivity index (χ0) is 12.0. The summed E-state index contributed by atoms with van der Waals surface area (Å²) in [7, 11) is 1.33. The normalized spacial score (nSPS) is 9.88. The van der Waals surface area contributed by atoms with Crippen molar-refractivity contribution in [3.05, 3.63) is 17.5 Å². The molecule has 0 aliphatic carbocycles. The summed E-state index contributed by atoms with van der Waals surface area (Å²) >= 11 is 0. The standard InChI is InChI=1S/C10H14N2O4/c1-7-6-8(16-12-7)10(14)11-5-3-4-9(13)15-2/h6H,3-5H2,1-2H3,(H,11,14). The molecule has 1 heterocycles. The molecule has 0 unspecified atom stereocenters. The Kier molecular flexibility index (Phi) is 4.50. The highest BCUT2D eigenvalue weighted by atomic mass is 16.5. The van der Waals surface area contributed by atoms with Crippen LogP contribution in [0.1, 0.15) is 29.1 Å². The van der Waals surface area contributed by atoms with Crippen LogP contribution in [0, 0.1) is 6.92 Å². The molecule has 0 fully saturated rings. The van der Waals surface area contributed by atoms with E-state index in [2.05, 4.69) is 15.2 Å². The number of hydrogen-bond donors (Lipinski definition) is 1. The van der Waals surface area contributed by atoms with Crippen LogP contribution in [-0.2, 0) is 9.53 Å². The lowest BCUT2D eigenvalue weighted by Crippen LogP contribution is -2.24. The second-order valence-electron chi connectivity index (χ2n) is 3.27. The largest absolute Gasteiger partial charge is 0.469 e. The van der Waals surface area contributed by atoms with Crippen LogP contribution in [0.25, 0.3) is 0 Å². The van der Waals surface area contributed by atoms with E-state index in [1.54, 1.807) is 13.0 Å². The average molecular weight is 226 g/mol. The van der Waals surface area contributed by atoms with E-state index in [9.17, 15) is 9.59 Å². The number of hydrogen-bond acceptors (Lipinski definition) is 5. The molecule has 0 aliphatic heterocycles. The van der Waals surface area contributed by atoms with Gasteiger partial charge in [-0.1, -0.05) is 5.16 Å². The van der Waals surface area contributed by atoms with Crippen molar-refractivity contribution in [2.75, 3.05) is 13.7 Å². The molecule has 6 nitrogen and oxygen atoms in total. The molecule has 1 aromatic heterocycles. The van der Waals surface area contributed by atoms with Gasteiger partial charge in [0.2, 0.25) is 5.76 Å². The van der Waals surface area contributed by atoms with Gasteiger partial charge in [0, 0.05) is 19.0 Å². The van der Waals surface area contributed by atoms with Crippen molar-refractivity contribution in [1.29, 1.82) is 0 Å². The first kappa shape index (κ1) is 12.2. The first-order chi connectivity index (χ1) is 7.63. The summed E-state index contributed by atoms with van der Waals surface area (Å²) in [6.45, 7) is 2.13. The minimum absolute atomic E-state index is 0.176. The average Bonchev–Trinajstić information content (AvgIpc) is 2.70. The van der Waals surface area contributed by atoms with Crippen molar-refractivity contribution in [1.82, 2.24) is 10.5 Å². The van der Waals surface area contributed by atoms with Crippen molar-refractivity contribution >= 4 is 11.9 Å². The van der Waals surface area contributed by atoms with E-state index >= 15 is 0 Å². The fraction of sp³-hybridized carbons (Fsp3) is 0.500. The number of carbonyl (C=O) groups is 2. The maximum atomic E-state index is 11.4. The Balaban J connectivity index is 2.23. The zero-order valence-corrected chi connectivity index (χ0v) is 9.28. The van der Waals surface area contributed by atoms with Crippen LogP contribution < -0.4 is 5.32 Å². The molecule has 1 N–H and O–H groups in total. The Labute approximate surface area is 92.9 Å². The third kappa shape index (κ3) is 3.72. The predicted molar refractivity (Wildman–Crippen MR) is 54.8 cm³/mol. The second kappa shape index (κ2) is 5.89. The molecule has 0 radical (unpaired) electrons. The van der Waals surface area contributed by atoms with E-state index in [0.29, 0.717) is 18.7 Å². The van der Waals surface area contributed by atoms with E-state index in [1.165, 1.54) is 7.11 Å². The summed E-state index contributed by atoms with van der Waals surface area (Å²) in [4.78, 5) is 22.2. The van der Waals surface area contributed by atoms with Crippen molar-refractivity contribution in [2.45, 2.75) is 19.8 Å². The van der Waals surface area contributed by atoms with Crippen LogP contribution in [0.5, 0.6) is 0 Å². The number of ether oxygens (including phenoxy) is 1. The van der Waals surface area contributed by atoms with Gasteiger partial charge in [-0.15, -0.1) is 0 Å². The molecule has 1 aromatic rings. The molecule has 0 aromatic carbocycles. The highest BCUT2D eigenvalue weighted by Crippen LogP contribution is 2.01.